The zero-order valence-corrected chi connectivity index (χ0v) is 10.8. The molecule has 1 aromatic rings. The SMILES string of the molecule is CCC(O)(CC)CS(=O)(=O)c1ccc(F)cc1. The first-order valence-electron chi connectivity index (χ1n) is 5.53. The third kappa shape index (κ3) is 3.51. The van der Waals surface area contributed by atoms with E-state index in [9.17, 15) is 17.9 Å². The second kappa shape index (κ2) is 5.14. The summed E-state index contributed by atoms with van der Waals surface area (Å²) in [7, 11) is -3.58. The van der Waals surface area contributed by atoms with E-state index in [-0.39, 0.29) is 10.6 Å². The molecule has 17 heavy (non-hydrogen) atoms. The molecule has 1 N–H and O–H groups in total. The van der Waals surface area contributed by atoms with Crippen molar-refractivity contribution in [3.8, 4) is 0 Å². The van der Waals surface area contributed by atoms with Crippen molar-refractivity contribution in [1.82, 2.24) is 0 Å². The maximum absolute atomic E-state index is 12.7. The predicted molar refractivity (Wildman–Crippen MR) is 64.0 cm³/mol. The summed E-state index contributed by atoms with van der Waals surface area (Å²) in [5.41, 5.74) is -1.22. The monoisotopic (exact) mass is 260 g/mol. The Morgan fingerprint density at radius 3 is 2.06 bits per heavy atom. The molecule has 0 unspecified atom stereocenters. The van der Waals surface area contributed by atoms with Crippen LogP contribution in [0.3, 0.4) is 0 Å². The van der Waals surface area contributed by atoms with Crippen LogP contribution >= 0.6 is 0 Å². The van der Waals surface area contributed by atoms with Crippen molar-refractivity contribution < 1.29 is 17.9 Å². The van der Waals surface area contributed by atoms with E-state index in [2.05, 4.69) is 0 Å². The number of aliphatic hydroxyl groups is 1. The number of halogens is 1. The summed E-state index contributed by atoms with van der Waals surface area (Å²) >= 11 is 0. The summed E-state index contributed by atoms with van der Waals surface area (Å²) < 4.78 is 36.7. The van der Waals surface area contributed by atoms with Gasteiger partial charge >= 0.3 is 0 Å². The molecule has 0 aromatic heterocycles. The molecule has 3 nitrogen and oxygen atoms in total. The normalized spacial score (nSPS) is 12.7. The Kier molecular flexibility index (Phi) is 4.27. The molecule has 0 atom stereocenters. The minimum Gasteiger partial charge on any atom is -0.389 e. The molecule has 0 bridgehead atoms. The van der Waals surface area contributed by atoms with Crippen LogP contribution in [0.5, 0.6) is 0 Å². The number of rotatable bonds is 5. The molecule has 0 heterocycles. The minimum absolute atomic E-state index is 0.0409. The molecule has 0 aliphatic carbocycles. The van der Waals surface area contributed by atoms with E-state index >= 15 is 0 Å². The fourth-order valence-corrected chi connectivity index (χ4v) is 3.37. The van der Waals surface area contributed by atoms with E-state index in [4.69, 9.17) is 0 Å². The van der Waals surface area contributed by atoms with Gasteiger partial charge in [-0.1, -0.05) is 13.8 Å². The molecular formula is C12H17FO3S. The lowest BCUT2D eigenvalue weighted by molar-refractivity contribution is 0.0554. The molecule has 0 fully saturated rings. The van der Waals surface area contributed by atoms with E-state index in [1.165, 1.54) is 12.1 Å². The van der Waals surface area contributed by atoms with Crippen molar-refractivity contribution in [3.05, 3.63) is 30.1 Å². The standard InChI is InChI=1S/C12H17FO3S/c1-3-12(14,4-2)9-17(15,16)11-7-5-10(13)6-8-11/h5-8,14H,3-4,9H2,1-2H3. The topological polar surface area (TPSA) is 54.4 Å². The molecule has 96 valence electrons. The summed E-state index contributed by atoms with van der Waals surface area (Å²) in [4.78, 5) is 0.0409. The molecule has 0 saturated carbocycles. The van der Waals surface area contributed by atoms with Crippen LogP contribution in [0.25, 0.3) is 0 Å². The smallest absolute Gasteiger partial charge is 0.181 e. The second-order valence-electron chi connectivity index (χ2n) is 4.14. The Morgan fingerprint density at radius 1 is 1.18 bits per heavy atom. The second-order valence-corrected chi connectivity index (χ2v) is 6.13. The molecule has 0 aliphatic rings. The highest BCUT2D eigenvalue weighted by Crippen LogP contribution is 2.22. The highest BCUT2D eigenvalue weighted by Gasteiger charge is 2.30. The highest BCUT2D eigenvalue weighted by atomic mass is 32.2. The van der Waals surface area contributed by atoms with Crippen LogP contribution in [0.4, 0.5) is 4.39 Å². The Morgan fingerprint density at radius 2 is 1.65 bits per heavy atom. The van der Waals surface area contributed by atoms with Crippen LogP contribution in [0.2, 0.25) is 0 Å². The summed E-state index contributed by atoms with van der Waals surface area (Å²) in [6.07, 6.45) is 0.730. The van der Waals surface area contributed by atoms with E-state index < -0.39 is 21.3 Å². The van der Waals surface area contributed by atoms with E-state index in [0.717, 1.165) is 12.1 Å². The first-order chi connectivity index (χ1) is 7.83. The van der Waals surface area contributed by atoms with Gasteiger partial charge in [0.15, 0.2) is 9.84 Å². The molecule has 5 heteroatoms. The van der Waals surface area contributed by atoms with Gasteiger partial charge in [0.05, 0.1) is 16.2 Å². The van der Waals surface area contributed by atoms with Crippen molar-refractivity contribution >= 4 is 9.84 Å². The first-order valence-corrected chi connectivity index (χ1v) is 7.19. The lowest BCUT2D eigenvalue weighted by Crippen LogP contribution is -2.35. The van der Waals surface area contributed by atoms with Gasteiger partial charge in [0, 0.05) is 0 Å². The third-order valence-corrected chi connectivity index (χ3v) is 4.86. The lowest BCUT2D eigenvalue weighted by Gasteiger charge is -2.24. The minimum atomic E-state index is -3.58. The zero-order valence-electron chi connectivity index (χ0n) is 9.98. The van der Waals surface area contributed by atoms with Crippen molar-refractivity contribution in [1.29, 1.82) is 0 Å². The van der Waals surface area contributed by atoms with Crippen LogP contribution in [0, 0.1) is 5.82 Å². The molecule has 1 aromatic carbocycles. The summed E-state index contributed by atoms with van der Waals surface area (Å²) in [5, 5.41) is 10.0. The van der Waals surface area contributed by atoms with Gasteiger partial charge in [0.2, 0.25) is 0 Å². The molecular weight excluding hydrogens is 243 g/mol. The fraction of sp³-hybridized carbons (Fsp3) is 0.500. The predicted octanol–water partition coefficient (Wildman–Crippen LogP) is 2.15. The van der Waals surface area contributed by atoms with Gasteiger partial charge in [-0.25, -0.2) is 12.8 Å². The van der Waals surface area contributed by atoms with E-state index in [1.807, 2.05) is 0 Å². The summed E-state index contributed by atoms with van der Waals surface area (Å²) in [5.74, 6) is -0.816. The molecule has 0 spiro atoms. The summed E-state index contributed by atoms with van der Waals surface area (Å²) in [6.45, 7) is 3.48. The Hall–Kier alpha value is -0.940. The van der Waals surface area contributed by atoms with Gasteiger partial charge in [-0.3, -0.25) is 0 Å². The summed E-state index contributed by atoms with van der Waals surface area (Å²) in [6, 6.07) is 4.64. The third-order valence-electron chi connectivity index (χ3n) is 2.95. The van der Waals surface area contributed by atoms with Gasteiger partial charge in [0.25, 0.3) is 0 Å². The molecule has 1 rings (SSSR count). The Labute approximate surface area is 101 Å². The van der Waals surface area contributed by atoms with Crippen molar-refractivity contribution in [3.63, 3.8) is 0 Å². The van der Waals surface area contributed by atoms with E-state index in [1.54, 1.807) is 13.8 Å². The Balaban J connectivity index is 3.00. The molecule has 0 radical (unpaired) electrons. The average Bonchev–Trinajstić information content (AvgIpc) is 2.29. The fourth-order valence-electron chi connectivity index (χ4n) is 1.53. The number of hydrogen-bond acceptors (Lipinski definition) is 3. The molecule has 0 amide bonds. The number of benzene rings is 1. The van der Waals surface area contributed by atoms with Crippen molar-refractivity contribution in [2.45, 2.75) is 37.2 Å². The van der Waals surface area contributed by atoms with Crippen LogP contribution in [0.1, 0.15) is 26.7 Å². The van der Waals surface area contributed by atoms with E-state index in [0.29, 0.717) is 12.8 Å². The van der Waals surface area contributed by atoms with Crippen LogP contribution < -0.4 is 0 Å². The molecule has 0 aliphatic heterocycles. The van der Waals surface area contributed by atoms with Crippen LogP contribution in [-0.4, -0.2) is 24.9 Å². The zero-order chi connectivity index (χ0) is 13.1. The number of sulfone groups is 1. The maximum Gasteiger partial charge on any atom is 0.181 e. The molecule has 0 saturated heterocycles. The van der Waals surface area contributed by atoms with Gasteiger partial charge in [-0.05, 0) is 37.1 Å². The van der Waals surface area contributed by atoms with Crippen molar-refractivity contribution in [2.24, 2.45) is 0 Å². The largest absolute Gasteiger partial charge is 0.389 e. The highest BCUT2D eigenvalue weighted by molar-refractivity contribution is 7.91. The van der Waals surface area contributed by atoms with Crippen LogP contribution in [-0.2, 0) is 9.84 Å². The van der Waals surface area contributed by atoms with Gasteiger partial charge in [-0.2, -0.15) is 0 Å². The van der Waals surface area contributed by atoms with Gasteiger partial charge in [0.1, 0.15) is 5.82 Å². The van der Waals surface area contributed by atoms with Crippen LogP contribution in [0.15, 0.2) is 29.2 Å². The van der Waals surface area contributed by atoms with Crippen molar-refractivity contribution in [2.75, 3.05) is 5.75 Å². The van der Waals surface area contributed by atoms with Gasteiger partial charge in [-0.15, -0.1) is 0 Å². The number of hydrogen-bond donors (Lipinski definition) is 1. The lowest BCUT2D eigenvalue weighted by atomic mass is 10.0. The average molecular weight is 260 g/mol. The quantitative estimate of drug-likeness (QED) is 0.825. The first kappa shape index (κ1) is 14.1. The Bertz CT molecular complexity index is 461. The maximum atomic E-state index is 12.7. The van der Waals surface area contributed by atoms with Gasteiger partial charge < -0.3 is 5.11 Å².